The number of imidazole rings is 1. The summed E-state index contributed by atoms with van der Waals surface area (Å²) < 4.78 is 6.76. The third-order valence-corrected chi connectivity index (χ3v) is 3.13. The number of methoxy groups -OCH3 is 1. The van der Waals surface area contributed by atoms with Crippen LogP contribution in [0, 0.1) is 0 Å². The lowest BCUT2D eigenvalue weighted by molar-refractivity contribution is -0.121. The summed E-state index contributed by atoms with van der Waals surface area (Å²) in [5.41, 5.74) is 0.374. The van der Waals surface area contributed by atoms with Gasteiger partial charge in [-0.05, 0) is 6.42 Å². The molecule has 1 aromatic rings. The second-order valence-electron chi connectivity index (χ2n) is 4.77. The first kappa shape index (κ1) is 15.3. The Morgan fingerprint density at radius 3 is 3.05 bits per heavy atom. The van der Waals surface area contributed by atoms with Crippen molar-refractivity contribution in [1.82, 2.24) is 20.2 Å². The standard InChI is InChI=1S/C13H21N5O3/c1-21-8-6-14-11(19)3-5-15-12(20)10-9-18-7-2-4-16-13(18)17-10/h9H,2-8H2,1H3,(H,14,19)(H,15,20)(H,16,17). The zero-order valence-corrected chi connectivity index (χ0v) is 12.1. The molecule has 0 bridgehead atoms. The molecule has 8 nitrogen and oxygen atoms in total. The Bertz CT molecular complexity index is 476. The number of amides is 2. The average Bonchev–Trinajstić information content (AvgIpc) is 2.91. The summed E-state index contributed by atoms with van der Waals surface area (Å²) in [6, 6.07) is 0. The number of nitrogens with one attached hydrogen (secondary N) is 3. The number of rotatable bonds is 7. The van der Waals surface area contributed by atoms with Crippen molar-refractivity contribution in [2.75, 3.05) is 38.7 Å². The first-order valence-electron chi connectivity index (χ1n) is 7.05. The van der Waals surface area contributed by atoms with E-state index in [0.29, 0.717) is 18.8 Å². The highest BCUT2D eigenvalue weighted by Gasteiger charge is 2.16. The number of nitrogens with zero attached hydrogens (tertiary/aromatic N) is 2. The third kappa shape index (κ3) is 4.45. The predicted molar refractivity (Wildman–Crippen MR) is 77.2 cm³/mol. The monoisotopic (exact) mass is 295 g/mol. The fraction of sp³-hybridized carbons (Fsp3) is 0.615. The number of anilines is 1. The van der Waals surface area contributed by atoms with Gasteiger partial charge >= 0.3 is 0 Å². The molecule has 0 aliphatic carbocycles. The van der Waals surface area contributed by atoms with Gasteiger partial charge in [-0.1, -0.05) is 0 Å². The average molecular weight is 295 g/mol. The van der Waals surface area contributed by atoms with Crippen molar-refractivity contribution in [2.24, 2.45) is 0 Å². The zero-order chi connectivity index (χ0) is 15.1. The van der Waals surface area contributed by atoms with E-state index >= 15 is 0 Å². The lowest BCUT2D eigenvalue weighted by atomic mass is 10.3. The van der Waals surface area contributed by atoms with E-state index in [9.17, 15) is 9.59 Å². The topological polar surface area (TPSA) is 97.3 Å². The third-order valence-electron chi connectivity index (χ3n) is 3.13. The normalized spacial score (nSPS) is 13.2. The molecular weight excluding hydrogens is 274 g/mol. The van der Waals surface area contributed by atoms with Crippen LogP contribution in [-0.2, 0) is 16.1 Å². The maximum atomic E-state index is 11.9. The molecule has 1 aliphatic rings. The van der Waals surface area contributed by atoms with Crippen molar-refractivity contribution < 1.29 is 14.3 Å². The van der Waals surface area contributed by atoms with Gasteiger partial charge in [0.25, 0.3) is 5.91 Å². The second-order valence-corrected chi connectivity index (χ2v) is 4.77. The largest absolute Gasteiger partial charge is 0.383 e. The van der Waals surface area contributed by atoms with Crippen LogP contribution in [0.25, 0.3) is 0 Å². The van der Waals surface area contributed by atoms with E-state index in [2.05, 4.69) is 20.9 Å². The van der Waals surface area contributed by atoms with Crippen molar-refractivity contribution in [2.45, 2.75) is 19.4 Å². The Morgan fingerprint density at radius 1 is 1.43 bits per heavy atom. The molecule has 3 N–H and O–H groups in total. The van der Waals surface area contributed by atoms with Crippen LogP contribution in [0.2, 0.25) is 0 Å². The van der Waals surface area contributed by atoms with Crippen LogP contribution in [-0.4, -0.2) is 54.7 Å². The lowest BCUT2D eigenvalue weighted by Crippen LogP contribution is -2.32. The SMILES string of the molecule is COCCNC(=O)CCNC(=O)c1cn2c(n1)NCCC2. The van der Waals surface area contributed by atoms with Crippen molar-refractivity contribution in [1.29, 1.82) is 0 Å². The Balaban J connectivity index is 1.72. The summed E-state index contributed by atoms with van der Waals surface area (Å²) in [5.74, 6) is 0.352. The fourth-order valence-corrected chi connectivity index (χ4v) is 2.05. The van der Waals surface area contributed by atoms with Gasteiger partial charge in [0.2, 0.25) is 11.9 Å². The molecular formula is C13H21N5O3. The van der Waals surface area contributed by atoms with Gasteiger partial charge in [-0.3, -0.25) is 9.59 Å². The Kier molecular flexibility index (Phi) is 5.56. The minimum atomic E-state index is -0.261. The first-order chi connectivity index (χ1) is 10.2. The molecule has 0 saturated carbocycles. The van der Waals surface area contributed by atoms with Gasteiger partial charge < -0.3 is 25.3 Å². The lowest BCUT2D eigenvalue weighted by Gasteiger charge is -2.14. The molecule has 0 saturated heterocycles. The molecule has 8 heteroatoms. The van der Waals surface area contributed by atoms with E-state index < -0.39 is 0 Å². The second kappa shape index (κ2) is 7.63. The van der Waals surface area contributed by atoms with Gasteiger partial charge in [0.15, 0.2) is 0 Å². The molecule has 0 atom stereocenters. The summed E-state index contributed by atoms with van der Waals surface area (Å²) in [5, 5.41) is 8.52. The Hall–Kier alpha value is -2.09. The molecule has 0 unspecified atom stereocenters. The molecule has 0 aromatic carbocycles. The fourth-order valence-electron chi connectivity index (χ4n) is 2.05. The van der Waals surface area contributed by atoms with Crippen molar-refractivity contribution in [3.05, 3.63) is 11.9 Å². The summed E-state index contributed by atoms with van der Waals surface area (Å²) in [4.78, 5) is 27.6. The molecule has 116 valence electrons. The number of ether oxygens (including phenoxy) is 1. The number of carbonyl (C=O) groups excluding carboxylic acids is 2. The predicted octanol–water partition coefficient (Wildman–Crippen LogP) is -0.419. The van der Waals surface area contributed by atoms with Gasteiger partial charge in [-0.15, -0.1) is 0 Å². The van der Waals surface area contributed by atoms with Crippen LogP contribution in [0.15, 0.2) is 6.20 Å². The van der Waals surface area contributed by atoms with Crippen LogP contribution < -0.4 is 16.0 Å². The highest BCUT2D eigenvalue weighted by atomic mass is 16.5. The minimum absolute atomic E-state index is 0.113. The highest BCUT2D eigenvalue weighted by Crippen LogP contribution is 2.13. The van der Waals surface area contributed by atoms with E-state index in [1.54, 1.807) is 13.3 Å². The van der Waals surface area contributed by atoms with Crippen molar-refractivity contribution >= 4 is 17.8 Å². The maximum absolute atomic E-state index is 11.9. The Labute approximate surface area is 123 Å². The molecule has 21 heavy (non-hydrogen) atoms. The molecule has 1 aliphatic heterocycles. The number of aromatic nitrogens is 2. The first-order valence-corrected chi connectivity index (χ1v) is 7.05. The summed E-state index contributed by atoms with van der Waals surface area (Å²) in [7, 11) is 1.58. The number of hydrogen-bond donors (Lipinski definition) is 3. The van der Waals surface area contributed by atoms with Crippen molar-refractivity contribution in [3.8, 4) is 0 Å². The van der Waals surface area contributed by atoms with Gasteiger partial charge in [-0.25, -0.2) is 4.98 Å². The van der Waals surface area contributed by atoms with E-state index in [1.807, 2.05) is 4.57 Å². The number of carbonyl (C=O) groups is 2. The summed E-state index contributed by atoms with van der Waals surface area (Å²) >= 11 is 0. The summed E-state index contributed by atoms with van der Waals surface area (Å²) in [6.07, 6.45) is 2.99. The van der Waals surface area contributed by atoms with Crippen LogP contribution in [0.1, 0.15) is 23.3 Å². The molecule has 2 amide bonds. The van der Waals surface area contributed by atoms with Crippen LogP contribution in [0.5, 0.6) is 0 Å². The van der Waals surface area contributed by atoms with E-state index in [4.69, 9.17) is 4.74 Å². The number of hydrogen-bond acceptors (Lipinski definition) is 5. The highest BCUT2D eigenvalue weighted by molar-refractivity contribution is 5.92. The van der Waals surface area contributed by atoms with Crippen LogP contribution >= 0.6 is 0 Å². The molecule has 0 radical (unpaired) electrons. The molecule has 0 fully saturated rings. The molecule has 2 rings (SSSR count). The van der Waals surface area contributed by atoms with Gasteiger partial charge in [0.1, 0.15) is 5.69 Å². The van der Waals surface area contributed by atoms with Crippen LogP contribution in [0.3, 0.4) is 0 Å². The number of fused-ring (bicyclic) bond motifs is 1. The quantitative estimate of drug-likeness (QED) is 0.594. The number of aryl methyl sites for hydroxylation is 1. The summed E-state index contributed by atoms with van der Waals surface area (Å²) in [6.45, 7) is 2.98. The van der Waals surface area contributed by atoms with Crippen molar-refractivity contribution in [3.63, 3.8) is 0 Å². The van der Waals surface area contributed by atoms with E-state index in [0.717, 1.165) is 25.5 Å². The van der Waals surface area contributed by atoms with Gasteiger partial charge in [-0.2, -0.15) is 0 Å². The van der Waals surface area contributed by atoms with Gasteiger partial charge in [0.05, 0.1) is 6.61 Å². The van der Waals surface area contributed by atoms with E-state index in [-0.39, 0.29) is 24.8 Å². The maximum Gasteiger partial charge on any atom is 0.271 e. The smallest absolute Gasteiger partial charge is 0.271 e. The molecule has 2 heterocycles. The molecule has 0 spiro atoms. The van der Waals surface area contributed by atoms with E-state index in [1.165, 1.54) is 0 Å². The van der Waals surface area contributed by atoms with Crippen LogP contribution in [0.4, 0.5) is 5.95 Å². The zero-order valence-electron chi connectivity index (χ0n) is 12.1. The minimum Gasteiger partial charge on any atom is -0.383 e. The Morgan fingerprint density at radius 2 is 2.29 bits per heavy atom. The van der Waals surface area contributed by atoms with Gasteiger partial charge in [0, 0.05) is 45.9 Å². The molecule has 1 aromatic heterocycles.